The Balaban J connectivity index is 1.67. The molecule has 1 aromatic heterocycles. The third kappa shape index (κ3) is 3.35. The number of carbonyl (C=O) groups is 1. The first-order valence-electron chi connectivity index (χ1n) is 7.92. The minimum Gasteiger partial charge on any atom is -0.353 e. The number of piperidine rings is 1. The van der Waals surface area contributed by atoms with Crippen LogP contribution < -0.4 is 10.2 Å². The predicted octanol–water partition coefficient (Wildman–Crippen LogP) is 1.22. The molecule has 0 radical (unpaired) electrons. The summed E-state index contributed by atoms with van der Waals surface area (Å²) >= 11 is 0. The monoisotopic (exact) mass is 288 g/mol. The van der Waals surface area contributed by atoms with Crippen molar-refractivity contribution in [3.8, 4) is 0 Å². The molecule has 1 aromatic rings. The van der Waals surface area contributed by atoms with Gasteiger partial charge in [0.15, 0.2) is 0 Å². The second kappa shape index (κ2) is 6.43. The summed E-state index contributed by atoms with van der Waals surface area (Å²) in [6, 6.07) is 6.37. The van der Waals surface area contributed by atoms with Crippen LogP contribution in [-0.4, -0.2) is 55.1 Å². The molecule has 3 rings (SSSR count). The third-order valence-corrected chi connectivity index (χ3v) is 4.56. The van der Waals surface area contributed by atoms with E-state index in [1.54, 1.807) is 6.92 Å². The van der Waals surface area contributed by atoms with Gasteiger partial charge in [-0.3, -0.25) is 4.79 Å². The van der Waals surface area contributed by atoms with E-state index >= 15 is 0 Å². The minimum absolute atomic E-state index is 0.172. The zero-order chi connectivity index (χ0) is 14.7. The van der Waals surface area contributed by atoms with E-state index in [9.17, 15) is 4.79 Å². The molecule has 2 fully saturated rings. The fourth-order valence-electron chi connectivity index (χ4n) is 3.21. The van der Waals surface area contributed by atoms with E-state index in [0.717, 1.165) is 45.1 Å². The van der Waals surface area contributed by atoms with E-state index in [4.69, 9.17) is 4.98 Å². The van der Waals surface area contributed by atoms with Gasteiger partial charge in [0.1, 0.15) is 5.82 Å². The summed E-state index contributed by atoms with van der Waals surface area (Å²) in [4.78, 5) is 20.5. The van der Waals surface area contributed by atoms with Gasteiger partial charge in [-0.15, -0.1) is 0 Å². The molecule has 1 amide bonds. The van der Waals surface area contributed by atoms with Gasteiger partial charge in [0.05, 0.1) is 0 Å². The smallest absolute Gasteiger partial charge is 0.219 e. The number of piperazine rings is 1. The van der Waals surface area contributed by atoms with Crippen LogP contribution in [0.1, 0.15) is 31.4 Å². The molecule has 21 heavy (non-hydrogen) atoms. The number of amides is 1. The van der Waals surface area contributed by atoms with E-state index in [2.05, 4.69) is 28.4 Å². The number of aromatic nitrogens is 1. The highest BCUT2D eigenvalue weighted by Crippen LogP contribution is 2.25. The van der Waals surface area contributed by atoms with Gasteiger partial charge in [-0.05, 0) is 38.1 Å². The maximum Gasteiger partial charge on any atom is 0.219 e. The second-order valence-corrected chi connectivity index (χ2v) is 5.94. The largest absolute Gasteiger partial charge is 0.353 e. The number of hydrogen-bond acceptors (Lipinski definition) is 4. The van der Waals surface area contributed by atoms with Crippen molar-refractivity contribution in [1.82, 2.24) is 15.2 Å². The normalized spacial score (nSPS) is 20.6. The number of anilines is 1. The van der Waals surface area contributed by atoms with E-state index in [0.29, 0.717) is 5.92 Å². The highest BCUT2D eigenvalue weighted by Gasteiger charge is 2.21. The average Bonchev–Trinajstić information content (AvgIpc) is 2.56. The number of hydrogen-bond donors (Lipinski definition) is 1. The molecule has 0 atom stereocenters. The molecule has 0 aromatic carbocycles. The van der Waals surface area contributed by atoms with Crippen LogP contribution in [0.3, 0.4) is 0 Å². The Hall–Kier alpha value is -1.62. The molecule has 114 valence electrons. The van der Waals surface area contributed by atoms with Crippen LogP contribution in [0.5, 0.6) is 0 Å². The van der Waals surface area contributed by atoms with Gasteiger partial charge >= 0.3 is 0 Å². The van der Waals surface area contributed by atoms with E-state index in [-0.39, 0.29) is 5.91 Å². The standard InChI is InChI=1S/C16H24N4O/c1-13(21)19-9-11-20(12-10-19)16-4-2-3-15(18-16)14-5-7-17-8-6-14/h2-4,14,17H,5-12H2,1H3. The maximum atomic E-state index is 11.4. The van der Waals surface area contributed by atoms with Crippen LogP contribution in [0.2, 0.25) is 0 Å². The van der Waals surface area contributed by atoms with Gasteiger partial charge < -0.3 is 15.1 Å². The lowest BCUT2D eigenvalue weighted by molar-refractivity contribution is -0.129. The summed E-state index contributed by atoms with van der Waals surface area (Å²) < 4.78 is 0. The molecule has 2 aliphatic heterocycles. The van der Waals surface area contributed by atoms with Crippen LogP contribution in [-0.2, 0) is 4.79 Å². The van der Waals surface area contributed by atoms with Gasteiger partial charge in [-0.2, -0.15) is 0 Å². The van der Waals surface area contributed by atoms with Crippen molar-refractivity contribution in [2.45, 2.75) is 25.7 Å². The average molecular weight is 288 g/mol. The number of nitrogens with zero attached hydrogens (tertiary/aromatic N) is 3. The summed E-state index contributed by atoms with van der Waals surface area (Å²) in [5.41, 5.74) is 1.22. The lowest BCUT2D eigenvalue weighted by Gasteiger charge is -2.35. The molecule has 1 N–H and O–H groups in total. The van der Waals surface area contributed by atoms with Crippen LogP contribution in [0.25, 0.3) is 0 Å². The fraction of sp³-hybridized carbons (Fsp3) is 0.625. The Kier molecular flexibility index (Phi) is 4.39. The molecule has 5 nitrogen and oxygen atoms in total. The number of carbonyl (C=O) groups excluding carboxylic acids is 1. The van der Waals surface area contributed by atoms with E-state index in [1.807, 2.05) is 4.90 Å². The molecule has 3 heterocycles. The Morgan fingerprint density at radius 1 is 1.19 bits per heavy atom. The van der Waals surface area contributed by atoms with Crippen molar-refractivity contribution in [2.75, 3.05) is 44.2 Å². The minimum atomic E-state index is 0.172. The molecule has 0 saturated carbocycles. The first-order valence-corrected chi connectivity index (χ1v) is 7.92. The Labute approximate surface area is 126 Å². The molecule has 0 bridgehead atoms. The molecule has 2 saturated heterocycles. The number of nitrogens with one attached hydrogen (secondary N) is 1. The topological polar surface area (TPSA) is 48.5 Å². The van der Waals surface area contributed by atoms with Gasteiger partial charge in [0.25, 0.3) is 0 Å². The second-order valence-electron chi connectivity index (χ2n) is 5.94. The van der Waals surface area contributed by atoms with E-state index < -0.39 is 0 Å². The zero-order valence-electron chi connectivity index (χ0n) is 12.7. The Morgan fingerprint density at radius 2 is 1.90 bits per heavy atom. The van der Waals surface area contributed by atoms with Crippen LogP contribution >= 0.6 is 0 Å². The predicted molar refractivity (Wildman–Crippen MR) is 83.5 cm³/mol. The molecular formula is C16H24N4O. The van der Waals surface area contributed by atoms with E-state index in [1.165, 1.54) is 18.5 Å². The van der Waals surface area contributed by atoms with Crippen LogP contribution in [0, 0.1) is 0 Å². The van der Waals surface area contributed by atoms with Crippen molar-refractivity contribution >= 4 is 11.7 Å². The van der Waals surface area contributed by atoms with Gasteiger partial charge in [-0.1, -0.05) is 6.07 Å². The summed E-state index contributed by atoms with van der Waals surface area (Å²) in [7, 11) is 0. The zero-order valence-corrected chi connectivity index (χ0v) is 12.7. The highest BCUT2D eigenvalue weighted by molar-refractivity contribution is 5.73. The highest BCUT2D eigenvalue weighted by atomic mass is 16.2. The SMILES string of the molecule is CC(=O)N1CCN(c2cccc(C3CCNCC3)n2)CC1. The first-order chi connectivity index (χ1) is 10.2. The number of rotatable bonds is 2. The molecule has 0 spiro atoms. The molecular weight excluding hydrogens is 264 g/mol. The van der Waals surface area contributed by atoms with Crippen LogP contribution in [0.15, 0.2) is 18.2 Å². The maximum absolute atomic E-state index is 11.4. The Morgan fingerprint density at radius 3 is 2.57 bits per heavy atom. The van der Waals surface area contributed by atoms with Gasteiger partial charge in [-0.25, -0.2) is 4.98 Å². The van der Waals surface area contributed by atoms with Crippen LogP contribution in [0.4, 0.5) is 5.82 Å². The fourth-order valence-corrected chi connectivity index (χ4v) is 3.21. The van der Waals surface area contributed by atoms with Crippen molar-refractivity contribution in [3.63, 3.8) is 0 Å². The molecule has 2 aliphatic rings. The lowest BCUT2D eigenvalue weighted by atomic mass is 9.94. The third-order valence-electron chi connectivity index (χ3n) is 4.56. The number of pyridine rings is 1. The molecule has 0 unspecified atom stereocenters. The Bertz CT molecular complexity index is 491. The summed E-state index contributed by atoms with van der Waals surface area (Å²) in [5, 5.41) is 3.40. The van der Waals surface area contributed by atoms with Crippen molar-refractivity contribution in [3.05, 3.63) is 23.9 Å². The van der Waals surface area contributed by atoms with Crippen molar-refractivity contribution in [1.29, 1.82) is 0 Å². The first kappa shape index (κ1) is 14.3. The quantitative estimate of drug-likeness (QED) is 0.889. The molecule has 0 aliphatic carbocycles. The van der Waals surface area contributed by atoms with Crippen molar-refractivity contribution in [2.24, 2.45) is 0 Å². The molecule has 5 heteroatoms. The summed E-state index contributed by atoms with van der Waals surface area (Å²) in [6.45, 7) is 7.18. The summed E-state index contributed by atoms with van der Waals surface area (Å²) in [5.74, 6) is 1.82. The van der Waals surface area contributed by atoms with Crippen molar-refractivity contribution < 1.29 is 4.79 Å². The summed E-state index contributed by atoms with van der Waals surface area (Å²) in [6.07, 6.45) is 2.35. The van der Waals surface area contributed by atoms with Gasteiger partial charge in [0.2, 0.25) is 5.91 Å². The van der Waals surface area contributed by atoms with Gasteiger partial charge in [0, 0.05) is 44.7 Å². The lowest BCUT2D eigenvalue weighted by Crippen LogP contribution is -2.48.